The van der Waals surface area contributed by atoms with Gasteiger partial charge in [-0.1, -0.05) is 43.4 Å². The zero-order valence-electron chi connectivity index (χ0n) is 14.7. The molecule has 5 nitrogen and oxygen atoms in total. The summed E-state index contributed by atoms with van der Waals surface area (Å²) in [7, 11) is 0. The van der Waals surface area contributed by atoms with Crippen molar-refractivity contribution in [3.05, 3.63) is 70.3 Å². The number of allylic oxidation sites excluding steroid dienone is 3. The number of hydrogen-bond donors (Lipinski definition) is 4. The van der Waals surface area contributed by atoms with Crippen molar-refractivity contribution in [3.8, 4) is 0 Å². The average molecular weight is 369 g/mol. The van der Waals surface area contributed by atoms with Crippen molar-refractivity contribution in [2.75, 3.05) is 12.3 Å². The van der Waals surface area contributed by atoms with Crippen LogP contribution in [0, 0.1) is 0 Å². The highest BCUT2D eigenvalue weighted by Crippen LogP contribution is 2.25. The first kappa shape index (κ1) is 18.5. The maximum absolute atomic E-state index is 11.0. The highest BCUT2D eigenvalue weighted by Gasteiger charge is 2.10. The van der Waals surface area contributed by atoms with Crippen molar-refractivity contribution < 1.29 is 10.0 Å². The molecule has 6 heteroatoms. The number of hydroxylamine groups is 1. The molecule has 0 atom stereocenters. The van der Waals surface area contributed by atoms with Gasteiger partial charge in [0.1, 0.15) is 0 Å². The van der Waals surface area contributed by atoms with E-state index in [1.165, 1.54) is 33.1 Å². The van der Waals surface area contributed by atoms with E-state index in [2.05, 4.69) is 47.6 Å². The van der Waals surface area contributed by atoms with Gasteiger partial charge >= 0.3 is 0 Å². The summed E-state index contributed by atoms with van der Waals surface area (Å²) in [5, 5.41) is 13.3. The van der Waals surface area contributed by atoms with Crippen LogP contribution in [0.4, 0.5) is 0 Å². The third-order valence-corrected chi connectivity index (χ3v) is 5.45. The quantitative estimate of drug-likeness (QED) is 0.343. The van der Waals surface area contributed by atoms with Crippen molar-refractivity contribution in [1.82, 2.24) is 15.8 Å². The number of para-hydroxylation sites is 1. The number of fused-ring (bicyclic) bond motifs is 1. The molecule has 1 aliphatic heterocycles. The molecule has 0 radical (unpaired) electrons. The molecule has 0 spiro atoms. The molecule has 1 aliphatic rings. The fourth-order valence-corrected chi connectivity index (χ4v) is 3.94. The first-order valence-electron chi connectivity index (χ1n) is 8.65. The van der Waals surface area contributed by atoms with Gasteiger partial charge in [0.25, 0.3) is 5.91 Å². The van der Waals surface area contributed by atoms with E-state index in [4.69, 9.17) is 5.21 Å². The van der Waals surface area contributed by atoms with Crippen LogP contribution in [0.15, 0.2) is 59.0 Å². The van der Waals surface area contributed by atoms with Gasteiger partial charge in [-0.3, -0.25) is 10.0 Å². The third-order valence-electron chi connectivity index (χ3n) is 4.32. The van der Waals surface area contributed by atoms with Crippen LogP contribution in [0.5, 0.6) is 0 Å². The second-order valence-corrected chi connectivity index (χ2v) is 7.16. The average Bonchev–Trinajstić information content (AvgIpc) is 3.04. The lowest BCUT2D eigenvalue weighted by atomic mass is 10.1. The minimum Gasteiger partial charge on any atom is -0.357 e. The third kappa shape index (κ3) is 4.46. The number of benzene rings is 1. The van der Waals surface area contributed by atoms with Gasteiger partial charge in [-0.15, -0.1) is 11.8 Å². The summed E-state index contributed by atoms with van der Waals surface area (Å²) in [5.41, 5.74) is 6.46. The molecule has 1 amide bonds. The smallest absolute Gasteiger partial charge is 0.267 e. The SMILES string of the molecule is CCc1c(CNCC2=CC=C(/C=C/C(=O)NO)CS2)[nH]c2ccccc12. The minimum atomic E-state index is -0.516. The molecule has 3 rings (SSSR count). The molecule has 0 unspecified atom stereocenters. The maximum Gasteiger partial charge on any atom is 0.267 e. The molecule has 4 N–H and O–H groups in total. The summed E-state index contributed by atoms with van der Waals surface area (Å²) < 4.78 is 0. The van der Waals surface area contributed by atoms with Crippen LogP contribution in [0.1, 0.15) is 18.2 Å². The first-order valence-corrected chi connectivity index (χ1v) is 9.63. The summed E-state index contributed by atoms with van der Waals surface area (Å²) in [6, 6.07) is 8.43. The van der Waals surface area contributed by atoms with Crippen LogP contribution >= 0.6 is 11.8 Å². The molecule has 0 aliphatic carbocycles. The van der Waals surface area contributed by atoms with Crippen LogP contribution in [0.25, 0.3) is 10.9 Å². The zero-order chi connectivity index (χ0) is 18.4. The first-order chi connectivity index (χ1) is 12.7. The van der Waals surface area contributed by atoms with Gasteiger partial charge in [0.2, 0.25) is 0 Å². The Kier molecular flexibility index (Phi) is 6.33. The molecule has 26 heavy (non-hydrogen) atoms. The molecular weight excluding hydrogens is 346 g/mol. The number of rotatable bonds is 7. The van der Waals surface area contributed by atoms with Gasteiger partial charge in [-0.05, 0) is 28.5 Å². The van der Waals surface area contributed by atoms with Gasteiger partial charge in [0.05, 0.1) is 0 Å². The molecule has 2 heterocycles. The van der Waals surface area contributed by atoms with Crippen molar-refractivity contribution in [2.24, 2.45) is 0 Å². The fraction of sp³-hybridized carbons (Fsp3) is 0.250. The normalized spacial score (nSPS) is 14.5. The number of thioether (sulfide) groups is 1. The number of carbonyl (C=O) groups is 1. The van der Waals surface area contributed by atoms with Crippen molar-refractivity contribution in [3.63, 3.8) is 0 Å². The van der Waals surface area contributed by atoms with Gasteiger partial charge < -0.3 is 10.3 Å². The second kappa shape index (κ2) is 8.89. The lowest BCUT2D eigenvalue weighted by Gasteiger charge is -2.13. The monoisotopic (exact) mass is 369 g/mol. The molecule has 0 saturated carbocycles. The number of hydrogen-bond acceptors (Lipinski definition) is 4. The fourth-order valence-electron chi connectivity index (χ4n) is 3.03. The lowest BCUT2D eigenvalue weighted by Crippen LogP contribution is -2.17. The summed E-state index contributed by atoms with van der Waals surface area (Å²) in [6.45, 7) is 3.81. The van der Waals surface area contributed by atoms with Crippen LogP contribution in [-0.2, 0) is 17.8 Å². The van der Waals surface area contributed by atoms with Gasteiger partial charge in [-0.2, -0.15) is 0 Å². The Morgan fingerprint density at radius 2 is 2.15 bits per heavy atom. The number of amides is 1. The standard InChI is InChI=1S/C20H23N3O2S/c1-2-16-17-5-3-4-6-18(17)22-19(16)12-21-11-15-9-7-14(13-26-15)8-10-20(24)23-25/h3-10,21-22,25H,2,11-13H2,1H3,(H,23,24)/b10-8+. The predicted molar refractivity (Wildman–Crippen MR) is 107 cm³/mol. The number of aromatic amines is 1. The van der Waals surface area contributed by atoms with E-state index in [0.29, 0.717) is 0 Å². The topological polar surface area (TPSA) is 77.2 Å². The van der Waals surface area contributed by atoms with Gasteiger partial charge in [0, 0.05) is 41.5 Å². The number of aromatic nitrogens is 1. The van der Waals surface area contributed by atoms with E-state index < -0.39 is 5.91 Å². The molecule has 2 aromatic rings. The number of H-pyrrole nitrogens is 1. The molecule has 0 fully saturated rings. The van der Waals surface area contributed by atoms with E-state index in [-0.39, 0.29) is 0 Å². The van der Waals surface area contributed by atoms with E-state index in [1.807, 2.05) is 6.08 Å². The summed E-state index contributed by atoms with van der Waals surface area (Å²) in [6.07, 6.45) is 8.14. The number of carbonyl (C=O) groups excluding carboxylic acids is 1. The maximum atomic E-state index is 11.0. The highest BCUT2D eigenvalue weighted by molar-refractivity contribution is 8.03. The molecular formula is C20H23N3O2S. The Labute approximate surface area is 157 Å². The van der Waals surface area contributed by atoms with Gasteiger partial charge in [0.15, 0.2) is 0 Å². The molecule has 136 valence electrons. The van der Waals surface area contributed by atoms with E-state index >= 15 is 0 Å². The largest absolute Gasteiger partial charge is 0.357 e. The van der Waals surface area contributed by atoms with E-state index in [9.17, 15) is 4.79 Å². The van der Waals surface area contributed by atoms with E-state index in [0.717, 1.165) is 30.8 Å². The lowest BCUT2D eigenvalue weighted by molar-refractivity contribution is -0.124. The van der Waals surface area contributed by atoms with E-state index in [1.54, 1.807) is 23.3 Å². The van der Waals surface area contributed by atoms with Crippen LogP contribution in [-0.4, -0.2) is 28.4 Å². The molecule has 1 aromatic heterocycles. The van der Waals surface area contributed by atoms with Crippen molar-refractivity contribution in [2.45, 2.75) is 19.9 Å². The number of aryl methyl sites for hydroxylation is 1. The Balaban J connectivity index is 1.57. The minimum absolute atomic E-state index is 0.516. The Morgan fingerprint density at radius 1 is 1.31 bits per heavy atom. The molecule has 0 bridgehead atoms. The van der Waals surface area contributed by atoms with Gasteiger partial charge in [-0.25, -0.2) is 5.48 Å². The summed E-state index contributed by atoms with van der Waals surface area (Å²) in [5.74, 6) is 0.299. The zero-order valence-corrected chi connectivity index (χ0v) is 15.5. The Bertz CT molecular complexity index is 880. The highest BCUT2D eigenvalue weighted by atomic mass is 32.2. The van der Waals surface area contributed by atoms with Crippen LogP contribution in [0.2, 0.25) is 0 Å². The Morgan fingerprint density at radius 3 is 2.88 bits per heavy atom. The Hall–Kier alpha value is -2.28. The summed E-state index contributed by atoms with van der Waals surface area (Å²) in [4.78, 5) is 15.8. The number of nitrogens with one attached hydrogen (secondary N) is 3. The van der Waals surface area contributed by atoms with Crippen molar-refractivity contribution >= 4 is 28.6 Å². The molecule has 0 saturated heterocycles. The predicted octanol–water partition coefficient (Wildman–Crippen LogP) is 3.44. The van der Waals surface area contributed by atoms with Crippen LogP contribution < -0.4 is 10.8 Å². The van der Waals surface area contributed by atoms with Crippen molar-refractivity contribution in [1.29, 1.82) is 0 Å². The second-order valence-electron chi connectivity index (χ2n) is 6.06. The molecule has 1 aromatic carbocycles. The van der Waals surface area contributed by atoms with Crippen LogP contribution in [0.3, 0.4) is 0 Å². The summed E-state index contributed by atoms with van der Waals surface area (Å²) >= 11 is 1.76.